The molecule has 7 nitrogen and oxygen atoms in total. The van der Waals surface area contributed by atoms with Crippen molar-refractivity contribution in [3.63, 3.8) is 0 Å². The molecule has 0 saturated heterocycles. The highest BCUT2D eigenvalue weighted by atomic mass is 16.5. The number of rotatable bonds is 7. The van der Waals surface area contributed by atoms with Crippen LogP contribution in [0.1, 0.15) is 55.9 Å². The molecule has 0 bridgehead atoms. The summed E-state index contributed by atoms with van der Waals surface area (Å²) in [7, 11) is 0. The van der Waals surface area contributed by atoms with Crippen LogP contribution in [0.2, 0.25) is 0 Å². The first-order chi connectivity index (χ1) is 18.2. The van der Waals surface area contributed by atoms with E-state index in [0.29, 0.717) is 28.2 Å². The number of esters is 2. The molecule has 0 fully saturated rings. The monoisotopic (exact) mass is 513 g/mol. The fraction of sp³-hybridized carbons (Fsp3) is 0.323. The molecule has 0 unspecified atom stereocenters. The minimum Gasteiger partial charge on any atom is -0.463 e. The van der Waals surface area contributed by atoms with Crippen LogP contribution in [0, 0.1) is 20.8 Å². The normalized spacial score (nSPS) is 14.0. The van der Waals surface area contributed by atoms with Crippen LogP contribution in [-0.4, -0.2) is 34.9 Å². The van der Waals surface area contributed by atoms with Crippen molar-refractivity contribution < 1.29 is 19.1 Å². The Morgan fingerprint density at radius 3 is 1.89 bits per heavy atom. The zero-order valence-corrected chi connectivity index (χ0v) is 23.1. The smallest absolute Gasteiger partial charge is 0.336 e. The molecule has 3 aromatic rings. The fourth-order valence-corrected chi connectivity index (χ4v) is 5.32. The maximum absolute atomic E-state index is 13.4. The standard InChI is InChI=1S/C31H35N3O4/c1-8-37-30(35)26-21(6)32-22(7)27(31(36)38-9-2)28(26)24-17-34(23-13-11-10-12-14-23)33-29(24)25-19(4)15-18(3)16-20(25)5/h10-17,28,32H,8-9H2,1-7H3. The number of aromatic nitrogens is 2. The second-order valence-corrected chi connectivity index (χ2v) is 9.56. The van der Waals surface area contributed by atoms with Gasteiger partial charge in [-0.25, -0.2) is 14.3 Å². The largest absolute Gasteiger partial charge is 0.463 e. The third-order valence-corrected chi connectivity index (χ3v) is 6.74. The molecule has 0 spiro atoms. The summed E-state index contributed by atoms with van der Waals surface area (Å²) < 4.78 is 12.8. The third-order valence-electron chi connectivity index (χ3n) is 6.74. The lowest BCUT2D eigenvalue weighted by Gasteiger charge is -2.30. The summed E-state index contributed by atoms with van der Waals surface area (Å²) >= 11 is 0. The number of dihydropyridines is 1. The summed E-state index contributed by atoms with van der Waals surface area (Å²) in [4.78, 5) is 26.8. The lowest BCUT2D eigenvalue weighted by atomic mass is 9.79. The van der Waals surface area contributed by atoms with Gasteiger partial charge in [-0.2, -0.15) is 5.10 Å². The van der Waals surface area contributed by atoms with E-state index in [0.717, 1.165) is 33.5 Å². The summed E-state index contributed by atoms with van der Waals surface area (Å²) in [5.41, 5.74) is 8.57. The fourth-order valence-electron chi connectivity index (χ4n) is 5.32. The number of allylic oxidation sites excluding steroid dienone is 2. The van der Waals surface area contributed by atoms with E-state index in [1.807, 2.05) is 55.1 Å². The Bertz CT molecular complexity index is 1380. The molecule has 0 amide bonds. The Hall–Kier alpha value is -4.13. The van der Waals surface area contributed by atoms with Crippen LogP contribution in [0.4, 0.5) is 0 Å². The molecule has 2 aromatic carbocycles. The maximum Gasteiger partial charge on any atom is 0.336 e. The number of hydrogen-bond donors (Lipinski definition) is 1. The van der Waals surface area contributed by atoms with Gasteiger partial charge >= 0.3 is 11.9 Å². The van der Waals surface area contributed by atoms with E-state index in [2.05, 4.69) is 38.2 Å². The number of aryl methyl sites for hydroxylation is 3. The minimum atomic E-state index is -0.734. The van der Waals surface area contributed by atoms with Crippen LogP contribution in [-0.2, 0) is 19.1 Å². The molecule has 1 aliphatic heterocycles. The molecule has 198 valence electrons. The first-order valence-electron chi connectivity index (χ1n) is 12.9. The van der Waals surface area contributed by atoms with Crippen molar-refractivity contribution in [2.45, 2.75) is 54.4 Å². The second kappa shape index (κ2) is 11.1. The van der Waals surface area contributed by atoms with Gasteiger partial charge in [0.2, 0.25) is 0 Å². The molecule has 1 aromatic heterocycles. The third kappa shape index (κ3) is 5.01. The van der Waals surface area contributed by atoms with Crippen molar-refractivity contribution in [3.05, 3.63) is 93.5 Å². The first-order valence-corrected chi connectivity index (χ1v) is 12.9. The van der Waals surface area contributed by atoms with Crippen LogP contribution in [0.25, 0.3) is 16.9 Å². The number of hydrogen-bond acceptors (Lipinski definition) is 6. The molecule has 2 heterocycles. The van der Waals surface area contributed by atoms with Gasteiger partial charge in [-0.3, -0.25) is 0 Å². The molecule has 0 saturated carbocycles. The zero-order chi connectivity index (χ0) is 27.6. The Kier molecular flexibility index (Phi) is 7.86. The number of nitrogens with zero attached hydrogens (tertiary/aromatic N) is 2. The summed E-state index contributed by atoms with van der Waals surface area (Å²) in [6.45, 7) is 13.8. The van der Waals surface area contributed by atoms with Crippen molar-refractivity contribution in [1.29, 1.82) is 0 Å². The number of benzene rings is 2. The van der Waals surface area contributed by atoms with Gasteiger partial charge in [-0.15, -0.1) is 0 Å². The molecule has 38 heavy (non-hydrogen) atoms. The first kappa shape index (κ1) is 26.9. The van der Waals surface area contributed by atoms with Gasteiger partial charge in [0.1, 0.15) is 0 Å². The van der Waals surface area contributed by atoms with Crippen LogP contribution in [0.3, 0.4) is 0 Å². The summed E-state index contributed by atoms with van der Waals surface area (Å²) in [6.07, 6.45) is 1.92. The van der Waals surface area contributed by atoms with Crippen LogP contribution in [0.15, 0.2) is 71.2 Å². The molecule has 0 aliphatic carbocycles. The van der Waals surface area contributed by atoms with Gasteiger partial charge in [0.25, 0.3) is 0 Å². The summed E-state index contributed by atoms with van der Waals surface area (Å²) in [5.74, 6) is -1.69. The van der Waals surface area contributed by atoms with E-state index in [9.17, 15) is 9.59 Å². The van der Waals surface area contributed by atoms with Gasteiger partial charge in [0.05, 0.1) is 41.7 Å². The quantitative estimate of drug-likeness (QED) is 0.401. The molecular formula is C31H35N3O4. The molecule has 0 atom stereocenters. The number of nitrogens with one attached hydrogen (secondary N) is 1. The average Bonchev–Trinajstić information content (AvgIpc) is 3.28. The lowest BCUT2D eigenvalue weighted by Crippen LogP contribution is -2.32. The Morgan fingerprint density at radius 1 is 0.868 bits per heavy atom. The number of para-hydroxylation sites is 1. The summed E-state index contributed by atoms with van der Waals surface area (Å²) in [6, 6.07) is 14.0. The van der Waals surface area contributed by atoms with Gasteiger partial charge in [-0.05, 0) is 71.7 Å². The highest BCUT2D eigenvalue weighted by Gasteiger charge is 2.40. The van der Waals surface area contributed by atoms with Crippen LogP contribution >= 0.6 is 0 Å². The van der Waals surface area contributed by atoms with Crippen molar-refractivity contribution in [2.24, 2.45) is 0 Å². The van der Waals surface area contributed by atoms with Gasteiger partial charge in [0.15, 0.2) is 0 Å². The van der Waals surface area contributed by atoms with Gasteiger partial charge < -0.3 is 14.8 Å². The predicted octanol–water partition coefficient (Wildman–Crippen LogP) is 5.83. The highest BCUT2D eigenvalue weighted by molar-refractivity contribution is 6.00. The van der Waals surface area contributed by atoms with Crippen molar-refractivity contribution in [3.8, 4) is 16.9 Å². The van der Waals surface area contributed by atoms with Crippen molar-refractivity contribution in [2.75, 3.05) is 13.2 Å². The second-order valence-electron chi connectivity index (χ2n) is 9.56. The lowest BCUT2D eigenvalue weighted by molar-refractivity contribution is -0.139. The number of ether oxygens (including phenoxy) is 2. The molecular weight excluding hydrogens is 478 g/mol. The number of carbonyl (C=O) groups is 2. The topological polar surface area (TPSA) is 82.5 Å². The Labute approximate surface area is 224 Å². The Balaban J connectivity index is 2.07. The maximum atomic E-state index is 13.4. The zero-order valence-electron chi connectivity index (χ0n) is 23.1. The van der Waals surface area contributed by atoms with Crippen LogP contribution < -0.4 is 5.32 Å². The van der Waals surface area contributed by atoms with Gasteiger partial charge in [-0.1, -0.05) is 35.9 Å². The molecule has 4 rings (SSSR count). The average molecular weight is 514 g/mol. The SMILES string of the molecule is CCOC(=O)C1=C(C)NC(C)=C(C(=O)OCC)C1c1cn(-c2ccccc2)nc1-c1c(C)cc(C)cc1C. The van der Waals surface area contributed by atoms with E-state index in [4.69, 9.17) is 14.6 Å². The minimum absolute atomic E-state index is 0.214. The summed E-state index contributed by atoms with van der Waals surface area (Å²) in [5, 5.41) is 8.27. The van der Waals surface area contributed by atoms with E-state index >= 15 is 0 Å². The van der Waals surface area contributed by atoms with Gasteiger partial charge in [0, 0.05) is 28.7 Å². The number of carbonyl (C=O) groups excluding carboxylic acids is 2. The molecule has 7 heteroatoms. The molecule has 0 radical (unpaired) electrons. The van der Waals surface area contributed by atoms with Crippen molar-refractivity contribution in [1.82, 2.24) is 15.1 Å². The van der Waals surface area contributed by atoms with Crippen molar-refractivity contribution >= 4 is 11.9 Å². The van der Waals surface area contributed by atoms with E-state index in [-0.39, 0.29) is 13.2 Å². The Morgan fingerprint density at radius 2 is 1.39 bits per heavy atom. The van der Waals surface area contributed by atoms with Crippen LogP contribution in [0.5, 0.6) is 0 Å². The van der Waals surface area contributed by atoms with E-state index < -0.39 is 17.9 Å². The molecule has 1 N–H and O–H groups in total. The molecule has 1 aliphatic rings. The predicted molar refractivity (Wildman–Crippen MR) is 148 cm³/mol. The highest BCUT2D eigenvalue weighted by Crippen LogP contribution is 2.44. The van der Waals surface area contributed by atoms with E-state index in [1.54, 1.807) is 13.8 Å². The van der Waals surface area contributed by atoms with E-state index in [1.165, 1.54) is 0 Å².